The Morgan fingerprint density at radius 1 is 1.04 bits per heavy atom. The highest BCUT2D eigenvalue weighted by atomic mass is 32.2. The van der Waals surface area contributed by atoms with E-state index in [0.29, 0.717) is 11.1 Å². The van der Waals surface area contributed by atoms with Crippen LogP contribution in [-0.2, 0) is 0 Å². The van der Waals surface area contributed by atoms with Crippen molar-refractivity contribution in [3.8, 4) is 23.3 Å². The quantitative estimate of drug-likeness (QED) is 0.756. The summed E-state index contributed by atoms with van der Waals surface area (Å²) in [5.41, 5.74) is 5.57. The van der Waals surface area contributed by atoms with Gasteiger partial charge in [0.2, 0.25) is 0 Å². The van der Waals surface area contributed by atoms with Crippen molar-refractivity contribution >= 4 is 17.6 Å². The second-order valence-corrected chi connectivity index (χ2v) is 6.05. The standard InChI is InChI=1S/C18H9F2N5S/c19-10-4-5-11(14(20)7-10)16-12(8-21)17(23)25-18(13(16)9-22)26-15-3-1-2-6-24-15/h1-7H,(H2,23,25). The van der Waals surface area contributed by atoms with Crippen LogP contribution in [0.25, 0.3) is 11.1 Å². The number of pyridine rings is 2. The van der Waals surface area contributed by atoms with Gasteiger partial charge in [-0.25, -0.2) is 18.7 Å². The molecule has 0 saturated heterocycles. The first kappa shape index (κ1) is 17.3. The second kappa shape index (κ2) is 7.18. The molecule has 3 rings (SSSR count). The van der Waals surface area contributed by atoms with E-state index in [1.807, 2.05) is 12.1 Å². The first-order chi connectivity index (χ1) is 12.5. The third-order valence-corrected chi connectivity index (χ3v) is 4.39. The van der Waals surface area contributed by atoms with E-state index in [1.54, 1.807) is 24.4 Å². The Balaban J connectivity index is 2.28. The molecule has 0 bridgehead atoms. The van der Waals surface area contributed by atoms with Gasteiger partial charge in [0.25, 0.3) is 0 Å². The van der Waals surface area contributed by atoms with Crippen LogP contribution in [-0.4, -0.2) is 9.97 Å². The van der Waals surface area contributed by atoms with E-state index in [1.165, 1.54) is 0 Å². The summed E-state index contributed by atoms with van der Waals surface area (Å²) in [6.45, 7) is 0. The molecule has 8 heteroatoms. The molecular weight excluding hydrogens is 356 g/mol. The monoisotopic (exact) mass is 365 g/mol. The molecular formula is C18H9F2N5S. The van der Waals surface area contributed by atoms with Gasteiger partial charge in [0.05, 0.1) is 5.56 Å². The Morgan fingerprint density at radius 2 is 1.81 bits per heavy atom. The normalized spacial score (nSPS) is 10.2. The van der Waals surface area contributed by atoms with Crippen LogP contribution in [0.2, 0.25) is 0 Å². The Labute approximate surface area is 151 Å². The Morgan fingerprint density at radius 3 is 2.42 bits per heavy atom. The summed E-state index contributed by atoms with van der Waals surface area (Å²) in [6.07, 6.45) is 1.57. The molecule has 126 valence electrons. The van der Waals surface area contributed by atoms with Crippen LogP contribution >= 0.6 is 11.8 Å². The van der Waals surface area contributed by atoms with E-state index in [0.717, 1.165) is 23.9 Å². The summed E-state index contributed by atoms with van der Waals surface area (Å²) in [4.78, 5) is 8.24. The van der Waals surface area contributed by atoms with Gasteiger partial charge in [-0.15, -0.1) is 0 Å². The summed E-state index contributed by atoms with van der Waals surface area (Å²) in [5, 5.41) is 19.8. The molecule has 0 unspecified atom stereocenters. The van der Waals surface area contributed by atoms with E-state index < -0.39 is 11.6 Å². The Hall–Kier alpha value is -3.49. The average molecular weight is 365 g/mol. The summed E-state index contributed by atoms with van der Waals surface area (Å²) in [6, 6.07) is 11.9. The van der Waals surface area contributed by atoms with E-state index >= 15 is 0 Å². The molecule has 0 atom stereocenters. The second-order valence-electron chi connectivity index (χ2n) is 5.05. The van der Waals surface area contributed by atoms with Crippen molar-refractivity contribution in [1.82, 2.24) is 9.97 Å². The van der Waals surface area contributed by atoms with Crippen molar-refractivity contribution in [3.63, 3.8) is 0 Å². The molecule has 0 fully saturated rings. The third kappa shape index (κ3) is 3.18. The van der Waals surface area contributed by atoms with Crippen molar-refractivity contribution in [2.24, 2.45) is 0 Å². The van der Waals surface area contributed by atoms with Crippen molar-refractivity contribution in [2.45, 2.75) is 10.1 Å². The molecule has 0 aliphatic rings. The van der Waals surface area contributed by atoms with Gasteiger partial charge in [-0.3, -0.25) is 0 Å². The lowest BCUT2D eigenvalue weighted by Crippen LogP contribution is -2.04. The highest BCUT2D eigenvalue weighted by Crippen LogP contribution is 2.38. The number of hydrogen-bond acceptors (Lipinski definition) is 6. The zero-order valence-corrected chi connectivity index (χ0v) is 13.9. The van der Waals surface area contributed by atoms with Gasteiger partial charge in [0.15, 0.2) is 0 Å². The zero-order chi connectivity index (χ0) is 18.7. The maximum absolute atomic E-state index is 14.3. The average Bonchev–Trinajstić information content (AvgIpc) is 2.62. The molecule has 2 aromatic heterocycles. The minimum Gasteiger partial charge on any atom is -0.383 e. The minimum absolute atomic E-state index is 0.0153. The fraction of sp³-hybridized carbons (Fsp3) is 0. The van der Waals surface area contributed by atoms with Gasteiger partial charge in [-0.2, -0.15) is 10.5 Å². The van der Waals surface area contributed by atoms with E-state index in [4.69, 9.17) is 5.73 Å². The molecule has 0 aliphatic carbocycles. The molecule has 0 radical (unpaired) electrons. The highest BCUT2D eigenvalue weighted by molar-refractivity contribution is 7.99. The van der Waals surface area contributed by atoms with Gasteiger partial charge in [-0.05, 0) is 36.0 Å². The Kier molecular flexibility index (Phi) is 4.78. The molecule has 0 aliphatic heterocycles. The number of nitrogen functional groups attached to an aromatic ring is 1. The molecule has 2 N–H and O–H groups in total. The van der Waals surface area contributed by atoms with Crippen LogP contribution in [0.15, 0.2) is 52.6 Å². The number of nitrogens with two attached hydrogens (primary N) is 1. The van der Waals surface area contributed by atoms with Crippen LogP contribution < -0.4 is 5.73 Å². The first-order valence-corrected chi connectivity index (χ1v) is 8.04. The van der Waals surface area contributed by atoms with Crippen molar-refractivity contribution < 1.29 is 8.78 Å². The third-order valence-electron chi connectivity index (χ3n) is 3.46. The smallest absolute Gasteiger partial charge is 0.143 e. The maximum atomic E-state index is 14.3. The number of nitriles is 2. The van der Waals surface area contributed by atoms with Crippen molar-refractivity contribution in [1.29, 1.82) is 10.5 Å². The highest BCUT2D eigenvalue weighted by Gasteiger charge is 2.23. The molecule has 5 nitrogen and oxygen atoms in total. The fourth-order valence-corrected chi connectivity index (χ4v) is 3.19. The van der Waals surface area contributed by atoms with Crippen molar-refractivity contribution in [3.05, 3.63) is 65.4 Å². The Bertz CT molecular complexity index is 1070. The number of hydrogen-bond donors (Lipinski definition) is 1. The number of aromatic nitrogens is 2. The van der Waals surface area contributed by atoms with Gasteiger partial charge >= 0.3 is 0 Å². The number of benzene rings is 1. The van der Waals surface area contributed by atoms with Crippen LogP contribution in [0.3, 0.4) is 0 Å². The van der Waals surface area contributed by atoms with Gasteiger partial charge in [-0.1, -0.05) is 6.07 Å². The lowest BCUT2D eigenvalue weighted by atomic mass is 9.96. The predicted molar refractivity (Wildman–Crippen MR) is 91.8 cm³/mol. The largest absolute Gasteiger partial charge is 0.383 e. The van der Waals surface area contributed by atoms with E-state index in [-0.39, 0.29) is 33.1 Å². The van der Waals surface area contributed by atoms with Gasteiger partial charge in [0.1, 0.15) is 45.2 Å². The van der Waals surface area contributed by atoms with Crippen LogP contribution in [0.4, 0.5) is 14.6 Å². The summed E-state index contributed by atoms with van der Waals surface area (Å²) in [7, 11) is 0. The molecule has 2 heterocycles. The first-order valence-electron chi connectivity index (χ1n) is 7.23. The lowest BCUT2D eigenvalue weighted by Gasteiger charge is -2.13. The molecule has 3 aromatic rings. The van der Waals surface area contributed by atoms with Crippen LogP contribution in [0, 0.1) is 34.3 Å². The number of halogens is 2. The number of anilines is 1. The van der Waals surface area contributed by atoms with E-state index in [9.17, 15) is 19.3 Å². The van der Waals surface area contributed by atoms with Gasteiger partial charge in [0, 0.05) is 23.4 Å². The lowest BCUT2D eigenvalue weighted by molar-refractivity contribution is 0.585. The summed E-state index contributed by atoms with van der Waals surface area (Å²) >= 11 is 1.06. The maximum Gasteiger partial charge on any atom is 0.143 e. The zero-order valence-electron chi connectivity index (χ0n) is 13.1. The fourth-order valence-electron chi connectivity index (χ4n) is 2.34. The van der Waals surface area contributed by atoms with E-state index in [2.05, 4.69) is 9.97 Å². The van der Waals surface area contributed by atoms with Crippen LogP contribution in [0.5, 0.6) is 0 Å². The van der Waals surface area contributed by atoms with Crippen molar-refractivity contribution in [2.75, 3.05) is 5.73 Å². The molecule has 0 spiro atoms. The molecule has 0 amide bonds. The summed E-state index contributed by atoms with van der Waals surface area (Å²) in [5.74, 6) is -1.82. The minimum atomic E-state index is -0.905. The SMILES string of the molecule is N#Cc1c(N)nc(Sc2ccccn2)c(C#N)c1-c1ccc(F)cc1F. The summed E-state index contributed by atoms with van der Waals surface area (Å²) < 4.78 is 27.6. The van der Waals surface area contributed by atoms with Crippen LogP contribution in [0.1, 0.15) is 11.1 Å². The molecule has 26 heavy (non-hydrogen) atoms. The topological polar surface area (TPSA) is 99.4 Å². The molecule has 1 aromatic carbocycles. The van der Waals surface area contributed by atoms with Gasteiger partial charge < -0.3 is 5.73 Å². The predicted octanol–water partition coefficient (Wildman–Crippen LogP) is 3.90. The molecule has 0 saturated carbocycles. The number of rotatable bonds is 3. The number of nitrogens with zero attached hydrogens (tertiary/aromatic N) is 4.